The highest BCUT2D eigenvalue weighted by molar-refractivity contribution is 7.92. The van der Waals surface area contributed by atoms with E-state index in [0.29, 0.717) is 6.54 Å². The lowest BCUT2D eigenvalue weighted by molar-refractivity contribution is -0.385. The number of rotatable bonds is 14. The van der Waals surface area contributed by atoms with Crippen LogP contribution in [0.4, 0.5) is 11.4 Å². The average molecular weight is 645 g/mol. The quantitative estimate of drug-likeness (QED) is 0.141. The zero-order valence-electron chi connectivity index (χ0n) is 25.4. The first-order valence-electron chi connectivity index (χ1n) is 14.0. The van der Waals surface area contributed by atoms with Gasteiger partial charge in [0.25, 0.3) is 15.7 Å². The van der Waals surface area contributed by atoms with Crippen molar-refractivity contribution in [3.05, 3.63) is 92.5 Å². The number of hydrogen-bond acceptors (Lipinski definition) is 7. The van der Waals surface area contributed by atoms with Crippen LogP contribution in [0.2, 0.25) is 5.02 Å². The summed E-state index contributed by atoms with van der Waals surface area (Å²) in [5.41, 5.74) is 1.49. The number of carbonyl (C=O) groups is 2. The molecule has 0 unspecified atom stereocenters. The third-order valence-corrected chi connectivity index (χ3v) is 9.24. The Hall–Kier alpha value is -4.16. The summed E-state index contributed by atoms with van der Waals surface area (Å²) in [6, 6.07) is 14.2. The maximum Gasteiger partial charge on any atom is 0.273 e. The maximum atomic E-state index is 14.2. The second-order valence-corrected chi connectivity index (χ2v) is 12.6. The van der Waals surface area contributed by atoms with Crippen LogP contribution in [0.3, 0.4) is 0 Å². The number of methoxy groups -OCH3 is 1. The predicted molar refractivity (Wildman–Crippen MR) is 169 cm³/mol. The van der Waals surface area contributed by atoms with Gasteiger partial charge >= 0.3 is 0 Å². The minimum atomic E-state index is -4.61. The fraction of sp³-hybridized carbons (Fsp3) is 0.355. The van der Waals surface area contributed by atoms with Crippen molar-refractivity contribution < 1.29 is 27.7 Å². The van der Waals surface area contributed by atoms with E-state index in [1.165, 1.54) is 49.3 Å². The zero-order chi connectivity index (χ0) is 32.6. The van der Waals surface area contributed by atoms with Gasteiger partial charge in [-0.25, -0.2) is 8.42 Å². The van der Waals surface area contributed by atoms with Gasteiger partial charge in [0.2, 0.25) is 11.8 Å². The van der Waals surface area contributed by atoms with Crippen molar-refractivity contribution >= 4 is 44.8 Å². The summed E-state index contributed by atoms with van der Waals surface area (Å²) < 4.78 is 34.6. The smallest absolute Gasteiger partial charge is 0.273 e. The number of unbranched alkanes of at least 4 members (excludes halogenated alkanes) is 1. The van der Waals surface area contributed by atoms with Gasteiger partial charge in [0, 0.05) is 29.7 Å². The molecular formula is C31H37ClN4O7S. The molecule has 0 bridgehead atoms. The van der Waals surface area contributed by atoms with E-state index in [0.717, 1.165) is 34.3 Å². The Morgan fingerprint density at radius 3 is 2.41 bits per heavy atom. The summed E-state index contributed by atoms with van der Waals surface area (Å²) in [6.07, 6.45) is 1.62. The molecule has 0 saturated heterocycles. The molecular weight excluding hydrogens is 608 g/mol. The number of amides is 2. The number of halogens is 1. The second-order valence-electron chi connectivity index (χ2n) is 10.3. The summed E-state index contributed by atoms with van der Waals surface area (Å²) in [5.74, 6) is -0.967. The number of carbonyl (C=O) groups excluding carboxylic acids is 2. The molecule has 3 aromatic rings. The van der Waals surface area contributed by atoms with Gasteiger partial charge in [-0.3, -0.25) is 24.0 Å². The number of nitro groups is 1. The minimum absolute atomic E-state index is 0.0322. The molecule has 0 aliphatic rings. The zero-order valence-corrected chi connectivity index (χ0v) is 26.9. The topological polar surface area (TPSA) is 139 Å². The number of benzene rings is 3. The summed E-state index contributed by atoms with van der Waals surface area (Å²) >= 11 is 6.26. The number of sulfonamides is 1. The molecule has 0 heterocycles. The first-order valence-corrected chi connectivity index (χ1v) is 15.9. The molecule has 0 saturated carbocycles. The molecule has 3 aromatic carbocycles. The van der Waals surface area contributed by atoms with Crippen LogP contribution in [0.25, 0.3) is 0 Å². The Morgan fingerprint density at radius 1 is 1.07 bits per heavy atom. The Balaban J connectivity index is 2.14. The molecule has 0 radical (unpaired) electrons. The van der Waals surface area contributed by atoms with Crippen LogP contribution in [0, 0.1) is 24.0 Å². The third kappa shape index (κ3) is 8.06. The maximum absolute atomic E-state index is 14.2. The van der Waals surface area contributed by atoms with Gasteiger partial charge in [0.1, 0.15) is 18.3 Å². The first kappa shape index (κ1) is 34.3. The molecule has 13 heteroatoms. The Bertz CT molecular complexity index is 1630. The summed E-state index contributed by atoms with van der Waals surface area (Å²) in [6.45, 7) is 6.65. The standard InChI is InChI=1S/C31H37ClN4O7S/c1-6-7-16-33-31(38)23(4)34(19-24-11-9-8-10-21(24)2)30(37)20-35(28-17-25(32)13-15-29(28)43-5)44(41,42)26-14-12-22(3)27(18-26)36(39)40/h8-15,17-18,23H,6-7,16,19-20H2,1-5H3,(H,33,38)/t23-/m0/s1. The minimum Gasteiger partial charge on any atom is -0.495 e. The number of ether oxygens (including phenoxy) is 1. The Labute approximate surface area is 263 Å². The normalized spacial score (nSPS) is 11.9. The van der Waals surface area contributed by atoms with Gasteiger partial charge in [0.15, 0.2) is 0 Å². The van der Waals surface area contributed by atoms with Gasteiger partial charge in [0.05, 0.1) is 22.6 Å². The number of aryl methyl sites for hydroxylation is 2. The molecule has 0 aliphatic heterocycles. The third-order valence-electron chi connectivity index (χ3n) is 7.25. The number of anilines is 1. The average Bonchev–Trinajstić information content (AvgIpc) is 2.98. The van der Waals surface area contributed by atoms with Crippen LogP contribution < -0.4 is 14.4 Å². The molecule has 1 atom stereocenters. The van der Waals surface area contributed by atoms with Crippen molar-refractivity contribution in [3.63, 3.8) is 0 Å². The molecule has 236 valence electrons. The fourth-order valence-electron chi connectivity index (χ4n) is 4.53. The van der Waals surface area contributed by atoms with E-state index in [1.807, 2.05) is 38.1 Å². The SMILES string of the molecule is CCCCNC(=O)[C@H](C)N(Cc1ccccc1C)C(=O)CN(c1cc(Cl)ccc1OC)S(=O)(=O)c1ccc(C)c([N+](=O)[O-])c1. The number of hydrogen-bond donors (Lipinski definition) is 1. The lowest BCUT2D eigenvalue weighted by Crippen LogP contribution is -2.51. The van der Waals surface area contributed by atoms with E-state index >= 15 is 0 Å². The first-order chi connectivity index (χ1) is 20.8. The lowest BCUT2D eigenvalue weighted by Gasteiger charge is -2.32. The molecule has 0 aromatic heterocycles. The van der Waals surface area contributed by atoms with Crippen LogP contribution in [0.15, 0.2) is 65.6 Å². The Kier molecular flexibility index (Phi) is 11.7. The van der Waals surface area contributed by atoms with Crippen molar-refractivity contribution in [2.45, 2.75) is 58.0 Å². The number of nitro benzene ring substituents is 1. The van der Waals surface area contributed by atoms with Gasteiger partial charge in [-0.1, -0.05) is 55.3 Å². The summed E-state index contributed by atoms with van der Waals surface area (Å²) in [5, 5.41) is 14.7. The van der Waals surface area contributed by atoms with E-state index in [2.05, 4.69) is 5.32 Å². The fourth-order valence-corrected chi connectivity index (χ4v) is 6.14. The second kappa shape index (κ2) is 15.0. The van der Waals surface area contributed by atoms with E-state index in [1.54, 1.807) is 6.92 Å². The van der Waals surface area contributed by atoms with Gasteiger partial charge in [-0.15, -0.1) is 0 Å². The molecule has 11 nitrogen and oxygen atoms in total. The van der Waals surface area contributed by atoms with E-state index < -0.39 is 44.0 Å². The van der Waals surface area contributed by atoms with E-state index in [4.69, 9.17) is 16.3 Å². The molecule has 44 heavy (non-hydrogen) atoms. The van der Waals surface area contributed by atoms with Crippen molar-refractivity contribution in [1.29, 1.82) is 0 Å². The molecule has 0 aliphatic carbocycles. The molecule has 2 amide bonds. The van der Waals surface area contributed by atoms with Crippen LogP contribution in [0.1, 0.15) is 43.4 Å². The van der Waals surface area contributed by atoms with Crippen molar-refractivity contribution in [2.75, 3.05) is 24.5 Å². The van der Waals surface area contributed by atoms with E-state index in [-0.39, 0.29) is 34.5 Å². The van der Waals surface area contributed by atoms with Gasteiger partial charge < -0.3 is 15.0 Å². The molecule has 0 fully saturated rings. The lowest BCUT2D eigenvalue weighted by atomic mass is 10.1. The van der Waals surface area contributed by atoms with Crippen molar-refractivity contribution in [1.82, 2.24) is 10.2 Å². The van der Waals surface area contributed by atoms with Crippen LogP contribution in [-0.4, -0.2) is 56.3 Å². The molecule has 0 spiro atoms. The van der Waals surface area contributed by atoms with Crippen LogP contribution >= 0.6 is 11.6 Å². The van der Waals surface area contributed by atoms with Gasteiger partial charge in [-0.2, -0.15) is 0 Å². The number of nitrogens with one attached hydrogen (secondary N) is 1. The highest BCUT2D eigenvalue weighted by Gasteiger charge is 2.35. The predicted octanol–water partition coefficient (Wildman–Crippen LogP) is 5.40. The van der Waals surface area contributed by atoms with Crippen molar-refractivity contribution in [2.24, 2.45) is 0 Å². The monoisotopic (exact) mass is 644 g/mol. The summed E-state index contributed by atoms with van der Waals surface area (Å²) in [7, 11) is -3.27. The Morgan fingerprint density at radius 2 is 1.77 bits per heavy atom. The van der Waals surface area contributed by atoms with Gasteiger partial charge in [-0.05, 0) is 62.6 Å². The largest absolute Gasteiger partial charge is 0.495 e. The van der Waals surface area contributed by atoms with E-state index in [9.17, 15) is 28.1 Å². The van der Waals surface area contributed by atoms with Crippen LogP contribution in [0.5, 0.6) is 5.75 Å². The molecule has 3 rings (SSSR count). The highest BCUT2D eigenvalue weighted by Crippen LogP contribution is 2.36. The molecule has 1 N–H and O–H groups in total. The highest BCUT2D eigenvalue weighted by atomic mass is 35.5. The summed E-state index contributed by atoms with van der Waals surface area (Å²) in [4.78, 5) is 39.2. The van der Waals surface area contributed by atoms with Crippen molar-refractivity contribution in [3.8, 4) is 5.75 Å². The van der Waals surface area contributed by atoms with Crippen LogP contribution in [-0.2, 0) is 26.2 Å². The number of nitrogens with zero attached hydrogens (tertiary/aromatic N) is 3.